The highest BCUT2D eigenvalue weighted by Gasteiger charge is 2.12. The highest BCUT2D eigenvalue weighted by Crippen LogP contribution is 2.18. The number of para-hydroxylation sites is 2. The Morgan fingerprint density at radius 2 is 2.00 bits per heavy atom. The average molecular weight is 370 g/mol. The van der Waals surface area contributed by atoms with Gasteiger partial charge in [0.15, 0.2) is 0 Å². The first-order valence-corrected chi connectivity index (χ1v) is 9.40. The van der Waals surface area contributed by atoms with Crippen LogP contribution in [-0.4, -0.2) is 22.0 Å². The van der Waals surface area contributed by atoms with Gasteiger partial charge in [0, 0.05) is 30.1 Å². The molecule has 0 fully saturated rings. The van der Waals surface area contributed by atoms with Gasteiger partial charge >= 0.3 is 0 Å². The molecule has 136 valence electrons. The minimum absolute atomic E-state index is 0.114. The molecule has 0 saturated heterocycles. The van der Waals surface area contributed by atoms with Crippen LogP contribution in [-0.2, 0) is 13.0 Å². The van der Waals surface area contributed by atoms with Gasteiger partial charge in [-0.2, -0.15) is 0 Å². The number of rotatable bonds is 7. The Hall–Kier alpha value is -2.33. The van der Waals surface area contributed by atoms with E-state index >= 15 is 0 Å². The molecule has 3 rings (SSSR count). The number of carbonyl (C=O) groups is 1. The van der Waals surface area contributed by atoms with Crippen molar-refractivity contribution in [3.63, 3.8) is 0 Å². The van der Waals surface area contributed by atoms with Crippen molar-refractivity contribution in [2.75, 3.05) is 6.54 Å². The number of nitrogens with zero attached hydrogens (tertiary/aromatic N) is 2. The zero-order valence-electron chi connectivity index (χ0n) is 15.2. The molecule has 1 N–H and O–H groups in total. The van der Waals surface area contributed by atoms with E-state index in [1.807, 2.05) is 18.2 Å². The summed E-state index contributed by atoms with van der Waals surface area (Å²) in [7, 11) is 0. The first-order valence-electron chi connectivity index (χ1n) is 9.02. The monoisotopic (exact) mass is 369 g/mol. The van der Waals surface area contributed by atoms with E-state index < -0.39 is 0 Å². The summed E-state index contributed by atoms with van der Waals surface area (Å²) in [6, 6.07) is 15.2. The Morgan fingerprint density at radius 3 is 2.77 bits per heavy atom. The van der Waals surface area contributed by atoms with Crippen LogP contribution in [0, 0.1) is 5.92 Å². The molecule has 0 saturated carbocycles. The second-order valence-electron chi connectivity index (χ2n) is 6.87. The lowest BCUT2D eigenvalue weighted by Gasteiger charge is -2.11. The van der Waals surface area contributed by atoms with Crippen LogP contribution in [0.4, 0.5) is 0 Å². The summed E-state index contributed by atoms with van der Waals surface area (Å²) in [5, 5.41) is 3.52. The second kappa shape index (κ2) is 8.37. The van der Waals surface area contributed by atoms with E-state index in [1.165, 1.54) is 0 Å². The average Bonchev–Trinajstić information content (AvgIpc) is 2.97. The maximum absolute atomic E-state index is 12.3. The van der Waals surface area contributed by atoms with E-state index in [-0.39, 0.29) is 5.91 Å². The van der Waals surface area contributed by atoms with Crippen molar-refractivity contribution >= 4 is 28.5 Å². The predicted octanol–water partition coefficient (Wildman–Crippen LogP) is 4.71. The molecule has 4 nitrogen and oxygen atoms in total. The fourth-order valence-electron chi connectivity index (χ4n) is 2.97. The number of benzene rings is 2. The lowest BCUT2D eigenvalue weighted by molar-refractivity contribution is 0.0954. The predicted molar refractivity (Wildman–Crippen MR) is 107 cm³/mol. The standard InChI is InChI=1S/C21H24ClN3O/c1-15(2)11-13-25-19-9-4-3-8-18(19)24-20(25)10-12-23-21(26)16-6-5-7-17(22)14-16/h3-9,14-15H,10-13H2,1-2H3,(H,23,26). The van der Waals surface area contributed by atoms with E-state index in [1.54, 1.807) is 24.3 Å². The zero-order chi connectivity index (χ0) is 18.5. The third-order valence-corrected chi connectivity index (χ3v) is 4.62. The molecule has 1 aromatic heterocycles. The first kappa shape index (κ1) is 18.5. The van der Waals surface area contributed by atoms with Gasteiger partial charge in [-0.3, -0.25) is 4.79 Å². The van der Waals surface area contributed by atoms with E-state index in [2.05, 4.69) is 29.8 Å². The molecule has 0 unspecified atom stereocenters. The van der Waals surface area contributed by atoms with Gasteiger partial charge in [-0.05, 0) is 42.7 Å². The maximum Gasteiger partial charge on any atom is 0.251 e. The molecule has 0 aliphatic heterocycles. The quantitative estimate of drug-likeness (QED) is 0.655. The summed E-state index contributed by atoms with van der Waals surface area (Å²) in [5.74, 6) is 1.53. The highest BCUT2D eigenvalue weighted by molar-refractivity contribution is 6.30. The van der Waals surface area contributed by atoms with E-state index in [9.17, 15) is 4.79 Å². The van der Waals surface area contributed by atoms with Crippen molar-refractivity contribution in [1.29, 1.82) is 0 Å². The summed E-state index contributed by atoms with van der Waals surface area (Å²) >= 11 is 5.95. The van der Waals surface area contributed by atoms with Gasteiger partial charge in [0.05, 0.1) is 11.0 Å². The van der Waals surface area contributed by atoms with Crippen LogP contribution in [0.25, 0.3) is 11.0 Å². The SMILES string of the molecule is CC(C)CCn1c(CCNC(=O)c2cccc(Cl)c2)nc2ccccc21. The first-order chi connectivity index (χ1) is 12.5. The topological polar surface area (TPSA) is 46.9 Å². The van der Waals surface area contributed by atoms with Crippen LogP contribution in [0.2, 0.25) is 5.02 Å². The van der Waals surface area contributed by atoms with Crippen molar-refractivity contribution in [3.8, 4) is 0 Å². The molecule has 0 aliphatic carbocycles. The number of hydrogen-bond acceptors (Lipinski definition) is 2. The van der Waals surface area contributed by atoms with Crippen molar-refractivity contribution in [2.24, 2.45) is 5.92 Å². The van der Waals surface area contributed by atoms with Crippen molar-refractivity contribution in [3.05, 3.63) is 64.9 Å². The van der Waals surface area contributed by atoms with Gasteiger partial charge in [0.25, 0.3) is 5.91 Å². The number of aryl methyl sites for hydroxylation is 1. The number of amides is 1. The largest absolute Gasteiger partial charge is 0.352 e. The molecule has 26 heavy (non-hydrogen) atoms. The number of hydrogen-bond donors (Lipinski definition) is 1. The van der Waals surface area contributed by atoms with Gasteiger partial charge in [0.1, 0.15) is 5.82 Å². The summed E-state index contributed by atoms with van der Waals surface area (Å²) in [6.45, 7) is 5.93. The van der Waals surface area contributed by atoms with Crippen LogP contribution >= 0.6 is 11.6 Å². The number of aromatic nitrogens is 2. The minimum atomic E-state index is -0.114. The lowest BCUT2D eigenvalue weighted by Crippen LogP contribution is -2.26. The minimum Gasteiger partial charge on any atom is -0.352 e. The molecule has 1 heterocycles. The smallest absolute Gasteiger partial charge is 0.251 e. The lowest BCUT2D eigenvalue weighted by atomic mass is 10.1. The molecule has 0 spiro atoms. The summed E-state index contributed by atoms with van der Waals surface area (Å²) < 4.78 is 2.28. The fourth-order valence-corrected chi connectivity index (χ4v) is 3.16. The Labute approximate surface area is 159 Å². The molecule has 5 heteroatoms. The van der Waals surface area contributed by atoms with Gasteiger partial charge in [-0.15, -0.1) is 0 Å². The Morgan fingerprint density at radius 1 is 1.19 bits per heavy atom. The number of imidazole rings is 1. The third-order valence-electron chi connectivity index (χ3n) is 4.38. The number of halogens is 1. The molecular formula is C21H24ClN3O. The van der Waals surface area contributed by atoms with E-state index in [4.69, 9.17) is 16.6 Å². The van der Waals surface area contributed by atoms with Gasteiger partial charge < -0.3 is 9.88 Å². The van der Waals surface area contributed by atoms with Crippen LogP contribution < -0.4 is 5.32 Å². The molecule has 1 amide bonds. The molecule has 0 radical (unpaired) electrons. The molecule has 0 bridgehead atoms. The molecular weight excluding hydrogens is 346 g/mol. The maximum atomic E-state index is 12.3. The van der Waals surface area contributed by atoms with Crippen LogP contribution in [0.3, 0.4) is 0 Å². The van der Waals surface area contributed by atoms with Crippen LogP contribution in [0.1, 0.15) is 36.5 Å². The van der Waals surface area contributed by atoms with Crippen LogP contribution in [0.15, 0.2) is 48.5 Å². The van der Waals surface area contributed by atoms with Crippen molar-refractivity contribution in [1.82, 2.24) is 14.9 Å². The number of carbonyl (C=O) groups excluding carboxylic acids is 1. The summed E-state index contributed by atoms with van der Waals surface area (Å²) in [4.78, 5) is 17.0. The Balaban J connectivity index is 1.70. The van der Waals surface area contributed by atoms with Gasteiger partial charge in [-0.25, -0.2) is 4.98 Å². The summed E-state index contributed by atoms with van der Waals surface area (Å²) in [6.07, 6.45) is 1.79. The zero-order valence-corrected chi connectivity index (χ0v) is 16.0. The Kier molecular flexibility index (Phi) is 5.94. The van der Waals surface area contributed by atoms with Crippen molar-refractivity contribution in [2.45, 2.75) is 33.2 Å². The van der Waals surface area contributed by atoms with Gasteiger partial charge in [0.2, 0.25) is 0 Å². The van der Waals surface area contributed by atoms with E-state index in [0.29, 0.717) is 29.5 Å². The van der Waals surface area contributed by atoms with Crippen molar-refractivity contribution < 1.29 is 4.79 Å². The number of nitrogens with one attached hydrogen (secondary N) is 1. The van der Waals surface area contributed by atoms with Crippen LogP contribution in [0.5, 0.6) is 0 Å². The van der Waals surface area contributed by atoms with E-state index in [0.717, 1.165) is 29.8 Å². The highest BCUT2D eigenvalue weighted by atomic mass is 35.5. The number of fused-ring (bicyclic) bond motifs is 1. The normalized spacial score (nSPS) is 11.2. The Bertz CT molecular complexity index is 901. The third kappa shape index (κ3) is 4.44. The fraction of sp³-hybridized carbons (Fsp3) is 0.333. The molecule has 3 aromatic rings. The molecule has 0 aliphatic rings. The van der Waals surface area contributed by atoms with Gasteiger partial charge in [-0.1, -0.05) is 43.6 Å². The summed E-state index contributed by atoms with van der Waals surface area (Å²) in [5.41, 5.74) is 2.74. The molecule has 2 aromatic carbocycles. The second-order valence-corrected chi connectivity index (χ2v) is 7.30. The molecule has 0 atom stereocenters.